The van der Waals surface area contributed by atoms with Gasteiger partial charge in [0.2, 0.25) is 0 Å². The minimum absolute atomic E-state index is 0.232. The molecule has 0 aromatic carbocycles. The van der Waals surface area contributed by atoms with Crippen molar-refractivity contribution in [3.05, 3.63) is 11.9 Å². The molecule has 1 aliphatic carbocycles. The van der Waals surface area contributed by atoms with E-state index in [9.17, 15) is 13.2 Å². The fourth-order valence-corrected chi connectivity index (χ4v) is 1.92. The molecule has 0 aliphatic heterocycles. The molecule has 0 radical (unpaired) electrons. The molecule has 106 valence electrons. The van der Waals surface area contributed by atoms with E-state index in [1.165, 1.54) is 11.0 Å². The van der Waals surface area contributed by atoms with E-state index in [4.69, 9.17) is 5.73 Å². The molecular formula is C12H17F3N4. The van der Waals surface area contributed by atoms with Crippen molar-refractivity contribution in [2.45, 2.75) is 38.3 Å². The third-order valence-electron chi connectivity index (χ3n) is 2.88. The first-order chi connectivity index (χ1) is 8.89. The summed E-state index contributed by atoms with van der Waals surface area (Å²) in [4.78, 5) is 9.54. The van der Waals surface area contributed by atoms with Crippen LogP contribution < -0.4 is 10.6 Å². The Morgan fingerprint density at radius 3 is 2.58 bits per heavy atom. The topological polar surface area (TPSA) is 55.0 Å². The van der Waals surface area contributed by atoms with E-state index in [1.54, 1.807) is 0 Å². The smallest absolute Gasteiger partial charge is 0.384 e. The molecule has 7 heteroatoms. The number of nitrogens with two attached hydrogens (primary N) is 1. The predicted molar refractivity (Wildman–Crippen MR) is 67.0 cm³/mol. The van der Waals surface area contributed by atoms with Gasteiger partial charge in [0.25, 0.3) is 0 Å². The van der Waals surface area contributed by atoms with Crippen LogP contribution in [0.25, 0.3) is 0 Å². The number of anilines is 2. The van der Waals surface area contributed by atoms with Crippen molar-refractivity contribution < 1.29 is 13.2 Å². The Labute approximate surface area is 109 Å². The van der Waals surface area contributed by atoms with Gasteiger partial charge in [-0.3, -0.25) is 0 Å². The predicted octanol–water partition coefficient (Wildman–Crippen LogP) is 2.71. The molecule has 2 rings (SSSR count). The van der Waals surface area contributed by atoms with Crippen LogP contribution in [0.1, 0.15) is 37.9 Å². The molecule has 1 aliphatic rings. The molecule has 1 aromatic heterocycles. The van der Waals surface area contributed by atoms with Crippen molar-refractivity contribution in [1.82, 2.24) is 9.97 Å². The molecule has 1 aromatic rings. The zero-order chi connectivity index (χ0) is 14.0. The van der Waals surface area contributed by atoms with Crippen LogP contribution in [0.4, 0.5) is 24.8 Å². The summed E-state index contributed by atoms with van der Waals surface area (Å²) in [5.41, 5.74) is 5.66. The second kappa shape index (κ2) is 5.22. The SMILES string of the molecule is CCCN(CC(F)(F)F)c1cc(N)nc(C2CC2)n1. The molecule has 0 bridgehead atoms. The lowest BCUT2D eigenvalue weighted by molar-refractivity contribution is -0.119. The number of hydrogen-bond acceptors (Lipinski definition) is 4. The van der Waals surface area contributed by atoms with Gasteiger partial charge in [-0.15, -0.1) is 0 Å². The Balaban J connectivity index is 2.24. The van der Waals surface area contributed by atoms with Gasteiger partial charge in [-0.2, -0.15) is 13.2 Å². The first kappa shape index (κ1) is 13.9. The first-order valence-electron chi connectivity index (χ1n) is 6.35. The van der Waals surface area contributed by atoms with Gasteiger partial charge in [0.05, 0.1) is 0 Å². The highest BCUT2D eigenvalue weighted by atomic mass is 19.4. The quantitative estimate of drug-likeness (QED) is 0.897. The van der Waals surface area contributed by atoms with Crippen LogP contribution in [0.5, 0.6) is 0 Å². The molecule has 1 fully saturated rings. The van der Waals surface area contributed by atoms with Gasteiger partial charge >= 0.3 is 6.18 Å². The van der Waals surface area contributed by atoms with Crippen molar-refractivity contribution in [2.24, 2.45) is 0 Å². The molecule has 0 atom stereocenters. The minimum Gasteiger partial charge on any atom is -0.384 e. The molecule has 0 unspecified atom stereocenters. The molecule has 19 heavy (non-hydrogen) atoms. The number of aromatic nitrogens is 2. The van der Waals surface area contributed by atoms with Gasteiger partial charge in [-0.1, -0.05) is 6.92 Å². The maximum absolute atomic E-state index is 12.6. The van der Waals surface area contributed by atoms with Crippen LogP contribution in [0.3, 0.4) is 0 Å². The number of nitrogen functional groups attached to an aromatic ring is 1. The average Bonchev–Trinajstić information content (AvgIpc) is 3.09. The maximum atomic E-state index is 12.6. The lowest BCUT2D eigenvalue weighted by atomic mass is 10.3. The summed E-state index contributed by atoms with van der Waals surface area (Å²) < 4.78 is 37.7. The van der Waals surface area contributed by atoms with E-state index in [0.29, 0.717) is 18.8 Å². The fraction of sp³-hybridized carbons (Fsp3) is 0.667. The molecule has 1 heterocycles. The minimum atomic E-state index is -4.26. The zero-order valence-corrected chi connectivity index (χ0v) is 10.7. The molecule has 4 nitrogen and oxygen atoms in total. The van der Waals surface area contributed by atoms with Crippen LogP contribution >= 0.6 is 0 Å². The van der Waals surface area contributed by atoms with E-state index in [-0.39, 0.29) is 17.6 Å². The highest BCUT2D eigenvalue weighted by Gasteiger charge is 2.32. The second-order valence-electron chi connectivity index (χ2n) is 4.82. The Hall–Kier alpha value is -1.53. The Kier molecular flexibility index (Phi) is 3.82. The Morgan fingerprint density at radius 1 is 1.37 bits per heavy atom. The molecule has 0 spiro atoms. The van der Waals surface area contributed by atoms with Crippen molar-refractivity contribution in [2.75, 3.05) is 23.7 Å². The largest absolute Gasteiger partial charge is 0.405 e. The average molecular weight is 274 g/mol. The van der Waals surface area contributed by atoms with E-state index < -0.39 is 12.7 Å². The molecule has 0 amide bonds. The van der Waals surface area contributed by atoms with Gasteiger partial charge < -0.3 is 10.6 Å². The van der Waals surface area contributed by atoms with Gasteiger partial charge in [-0.25, -0.2) is 9.97 Å². The molecule has 2 N–H and O–H groups in total. The summed E-state index contributed by atoms with van der Waals surface area (Å²) in [7, 11) is 0. The monoisotopic (exact) mass is 274 g/mol. The van der Waals surface area contributed by atoms with Crippen LogP contribution in [-0.4, -0.2) is 29.2 Å². The van der Waals surface area contributed by atoms with Crippen LogP contribution in [0, 0.1) is 0 Å². The number of hydrogen-bond donors (Lipinski definition) is 1. The van der Waals surface area contributed by atoms with E-state index >= 15 is 0 Å². The summed E-state index contributed by atoms with van der Waals surface area (Å²) in [6.45, 7) is 1.11. The van der Waals surface area contributed by atoms with Crippen molar-refractivity contribution in [3.8, 4) is 0 Å². The maximum Gasteiger partial charge on any atom is 0.405 e. The molecule has 1 saturated carbocycles. The summed E-state index contributed by atoms with van der Waals surface area (Å²) >= 11 is 0. The van der Waals surface area contributed by atoms with Gasteiger partial charge in [0, 0.05) is 18.5 Å². The lowest BCUT2D eigenvalue weighted by Gasteiger charge is -2.24. The van der Waals surface area contributed by atoms with E-state index in [2.05, 4.69) is 9.97 Å². The van der Waals surface area contributed by atoms with E-state index in [0.717, 1.165) is 12.8 Å². The zero-order valence-electron chi connectivity index (χ0n) is 10.7. The summed E-state index contributed by atoms with van der Waals surface area (Å²) in [6.07, 6.45) is -1.68. The standard InChI is InChI=1S/C12H17F3N4/c1-2-5-19(7-12(13,14)15)10-6-9(16)17-11(18-10)8-3-4-8/h6,8H,2-5,7H2,1H3,(H2,16,17,18). The third kappa shape index (κ3) is 3.97. The van der Waals surface area contributed by atoms with Gasteiger partial charge in [-0.05, 0) is 19.3 Å². The van der Waals surface area contributed by atoms with Crippen molar-refractivity contribution >= 4 is 11.6 Å². The Bertz CT molecular complexity index is 443. The summed E-state index contributed by atoms with van der Waals surface area (Å²) in [5, 5.41) is 0. The highest BCUT2D eigenvalue weighted by molar-refractivity contribution is 5.47. The van der Waals surface area contributed by atoms with Crippen LogP contribution in [0.15, 0.2) is 6.07 Å². The van der Waals surface area contributed by atoms with Crippen molar-refractivity contribution in [1.29, 1.82) is 0 Å². The fourth-order valence-electron chi connectivity index (χ4n) is 1.92. The van der Waals surface area contributed by atoms with Gasteiger partial charge in [0.15, 0.2) is 0 Å². The first-order valence-corrected chi connectivity index (χ1v) is 6.35. The normalized spacial score (nSPS) is 15.6. The third-order valence-corrected chi connectivity index (χ3v) is 2.88. The Morgan fingerprint density at radius 2 is 2.05 bits per heavy atom. The number of rotatable bonds is 5. The number of nitrogens with zero attached hydrogens (tertiary/aromatic N) is 3. The van der Waals surface area contributed by atoms with Gasteiger partial charge in [0.1, 0.15) is 24.0 Å². The highest BCUT2D eigenvalue weighted by Crippen LogP contribution is 2.39. The van der Waals surface area contributed by atoms with E-state index in [1.807, 2.05) is 6.92 Å². The van der Waals surface area contributed by atoms with Crippen LogP contribution in [0.2, 0.25) is 0 Å². The van der Waals surface area contributed by atoms with Crippen LogP contribution in [-0.2, 0) is 0 Å². The number of alkyl halides is 3. The number of halogens is 3. The van der Waals surface area contributed by atoms with Crippen molar-refractivity contribution in [3.63, 3.8) is 0 Å². The molecule has 0 saturated heterocycles. The summed E-state index contributed by atoms with van der Waals surface area (Å²) in [6, 6.07) is 1.41. The summed E-state index contributed by atoms with van der Waals surface area (Å²) in [5.74, 6) is 1.33. The lowest BCUT2D eigenvalue weighted by Crippen LogP contribution is -2.35. The second-order valence-corrected chi connectivity index (χ2v) is 4.82. The molecular weight excluding hydrogens is 257 g/mol.